The fourth-order valence-electron chi connectivity index (χ4n) is 1.60. The maximum absolute atomic E-state index is 13.0. The summed E-state index contributed by atoms with van der Waals surface area (Å²) in [7, 11) is -4.17. The average molecular weight is 335 g/mol. The van der Waals surface area contributed by atoms with Crippen LogP contribution in [0.4, 0.5) is 23.2 Å². The van der Waals surface area contributed by atoms with E-state index in [9.17, 15) is 26.0 Å². The molecule has 4 nitrogen and oxygen atoms in total. The van der Waals surface area contributed by atoms with Gasteiger partial charge in [0.1, 0.15) is 11.6 Å². The third-order valence-corrected chi connectivity index (χ3v) is 3.81. The predicted molar refractivity (Wildman–Crippen MR) is 70.3 cm³/mol. The lowest BCUT2D eigenvalue weighted by Crippen LogP contribution is -2.18. The summed E-state index contributed by atoms with van der Waals surface area (Å²) in [5.74, 6) is -1.33. The van der Waals surface area contributed by atoms with Crippen LogP contribution in [-0.4, -0.2) is 14.8 Å². The number of halogens is 4. The number of sulfonamides is 1. The minimum Gasteiger partial charge on any atom is -0.406 e. The van der Waals surface area contributed by atoms with E-state index < -0.39 is 32.8 Å². The van der Waals surface area contributed by atoms with Crippen LogP contribution in [0.3, 0.4) is 0 Å². The Morgan fingerprint density at radius 3 is 2.32 bits per heavy atom. The van der Waals surface area contributed by atoms with Crippen molar-refractivity contribution in [2.75, 3.05) is 4.72 Å². The first-order chi connectivity index (χ1) is 10.2. The van der Waals surface area contributed by atoms with Crippen molar-refractivity contribution in [2.45, 2.75) is 11.3 Å². The van der Waals surface area contributed by atoms with Crippen molar-refractivity contribution >= 4 is 15.7 Å². The van der Waals surface area contributed by atoms with E-state index in [0.29, 0.717) is 0 Å². The molecular weight excluding hydrogens is 326 g/mol. The normalized spacial score (nSPS) is 12.0. The molecule has 0 saturated heterocycles. The second kappa shape index (κ2) is 5.84. The summed E-state index contributed by atoms with van der Waals surface area (Å²) in [6.45, 7) is 0. The Morgan fingerprint density at radius 2 is 1.68 bits per heavy atom. The fourth-order valence-corrected chi connectivity index (χ4v) is 2.69. The fraction of sp³-hybridized carbons (Fsp3) is 0.0769. The number of hydrogen-bond donors (Lipinski definition) is 1. The lowest BCUT2D eigenvalue weighted by Gasteiger charge is -2.11. The van der Waals surface area contributed by atoms with Crippen LogP contribution in [0.2, 0.25) is 0 Å². The topological polar surface area (TPSA) is 55.4 Å². The summed E-state index contributed by atoms with van der Waals surface area (Å²) in [6.07, 6.45) is -4.93. The van der Waals surface area contributed by atoms with Crippen molar-refractivity contribution in [1.29, 1.82) is 0 Å². The number of hydrogen-bond acceptors (Lipinski definition) is 3. The smallest absolute Gasteiger partial charge is 0.406 e. The monoisotopic (exact) mass is 335 g/mol. The van der Waals surface area contributed by atoms with Crippen molar-refractivity contribution in [3.63, 3.8) is 0 Å². The molecule has 0 unspecified atom stereocenters. The molecule has 118 valence electrons. The number of alkyl halides is 3. The summed E-state index contributed by atoms with van der Waals surface area (Å²) >= 11 is 0. The van der Waals surface area contributed by atoms with E-state index in [1.807, 2.05) is 0 Å². The highest BCUT2D eigenvalue weighted by molar-refractivity contribution is 7.92. The Hall–Kier alpha value is -2.29. The van der Waals surface area contributed by atoms with Crippen LogP contribution in [0, 0.1) is 5.82 Å². The van der Waals surface area contributed by atoms with Crippen LogP contribution in [0.25, 0.3) is 0 Å². The molecule has 0 spiro atoms. The second-order valence-electron chi connectivity index (χ2n) is 4.14. The van der Waals surface area contributed by atoms with Crippen LogP contribution in [0.15, 0.2) is 53.4 Å². The third-order valence-electron chi connectivity index (χ3n) is 2.43. The molecule has 0 radical (unpaired) electrons. The van der Waals surface area contributed by atoms with E-state index in [4.69, 9.17) is 0 Å². The molecule has 0 aliphatic heterocycles. The third kappa shape index (κ3) is 4.35. The molecule has 2 aromatic carbocycles. The number of ether oxygens (including phenoxy) is 1. The first kappa shape index (κ1) is 16.1. The molecule has 0 aromatic heterocycles. The van der Waals surface area contributed by atoms with Crippen molar-refractivity contribution in [3.05, 3.63) is 54.3 Å². The van der Waals surface area contributed by atoms with Gasteiger partial charge in [0.2, 0.25) is 0 Å². The molecule has 0 saturated carbocycles. The van der Waals surface area contributed by atoms with Crippen LogP contribution >= 0.6 is 0 Å². The average Bonchev–Trinajstić information content (AvgIpc) is 2.36. The largest absolute Gasteiger partial charge is 0.573 e. The quantitative estimate of drug-likeness (QED) is 0.870. The summed E-state index contributed by atoms with van der Waals surface area (Å²) < 4.78 is 79.2. The Morgan fingerprint density at radius 1 is 1.00 bits per heavy atom. The number of anilines is 1. The zero-order chi connectivity index (χ0) is 16.4. The second-order valence-corrected chi connectivity index (χ2v) is 5.82. The summed E-state index contributed by atoms with van der Waals surface area (Å²) in [6, 6.07) is 8.52. The first-order valence-electron chi connectivity index (χ1n) is 5.80. The van der Waals surface area contributed by atoms with Crippen molar-refractivity contribution in [1.82, 2.24) is 0 Å². The first-order valence-corrected chi connectivity index (χ1v) is 7.28. The Balaban J connectivity index is 2.28. The zero-order valence-electron chi connectivity index (χ0n) is 10.8. The van der Waals surface area contributed by atoms with Gasteiger partial charge in [-0.25, -0.2) is 12.8 Å². The van der Waals surface area contributed by atoms with Crippen LogP contribution in [0.5, 0.6) is 5.75 Å². The van der Waals surface area contributed by atoms with Crippen LogP contribution in [0.1, 0.15) is 0 Å². The molecular formula is C13H9F4NO3S. The SMILES string of the molecule is O=S(=O)(Nc1cccc(F)c1)c1cccc(OC(F)(F)F)c1. The minimum atomic E-state index is -4.93. The molecule has 0 fully saturated rings. The molecule has 0 atom stereocenters. The Bertz CT molecular complexity index is 775. The molecule has 9 heteroatoms. The molecule has 1 N–H and O–H groups in total. The molecule has 0 bridgehead atoms. The lowest BCUT2D eigenvalue weighted by molar-refractivity contribution is -0.274. The van der Waals surface area contributed by atoms with Crippen LogP contribution in [-0.2, 0) is 10.0 Å². The van der Waals surface area contributed by atoms with E-state index in [0.717, 1.165) is 36.4 Å². The molecule has 0 aliphatic carbocycles. The maximum atomic E-state index is 13.0. The Labute approximate surface area is 123 Å². The van der Waals surface area contributed by atoms with E-state index in [2.05, 4.69) is 9.46 Å². The van der Waals surface area contributed by atoms with E-state index in [1.54, 1.807) is 0 Å². The highest BCUT2D eigenvalue weighted by Gasteiger charge is 2.31. The molecule has 0 amide bonds. The molecule has 2 rings (SSSR count). The standard InChI is InChI=1S/C13H9F4NO3S/c14-9-3-1-4-10(7-9)18-22(19,20)12-6-2-5-11(8-12)21-13(15,16)17/h1-8,18H. The summed E-state index contributed by atoms with van der Waals surface area (Å²) in [4.78, 5) is -0.446. The van der Waals surface area contributed by atoms with Gasteiger partial charge in [0.05, 0.1) is 10.6 Å². The molecule has 0 aliphatic rings. The molecule has 2 aromatic rings. The van der Waals surface area contributed by atoms with Gasteiger partial charge in [-0.05, 0) is 30.3 Å². The van der Waals surface area contributed by atoms with Gasteiger partial charge in [-0.2, -0.15) is 0 Å². The summed E-state index contributed by atoms with van der Waals surface area (Å²) in [5.41, 5.74) is -0.0536. The molecule has 0 heterocycles. The van der Waals surface area contributed by atoms with Crippen molar-refractivity contribution in [3.8, 4) is 5.75 Å². The van der Waals surface area contributed by atoms with Gasteiger partial charge in [0, 0.05) is 6.07 Å². The van der Waals surface area contributed by atoms with E-state index in [1.165, 1.54) is 12.1 Å². The number of nitrogens with one attached hydrogen (secondary N) is 1. The van der Waals surface area contributed by atoms with Crippen molar-refractivity contribution in [2.24, 2.45) is 0 Å². The van der Waals surface area contributed by atoms with E-state index in [-0.39, 0.29) is 5.69 Å². The van der Waals surface area contributed by atoms with Crippen LogP contribution < -0.4 is 9.46 Å². The van der Waals surface area contributed by atoms with Gasteiger partial charge in [-0.15, -0.1) is 13.2 Å². The minimum absolute atomic E-state index is 0.0536. The highest BCUT2D eigenvalue weighted by atomic mass is 32.2. The molecule has 22 heavy (non-hydrogen) atoms. The number of benzene rings is 2. The maximum Gasteiger partial charge on any atom is 0.573 e. The van der Waals surface area contributed by atoms with Gasteiger partial charge < -0.3 is 4.74 Å². The highest BCUT2D eigenvalue weighted by Crippen LogP contribution is 2.26. The predicted octanol–water partition coefficient (Wildman–Crippen LogP) is 3.53. The van der Waals surface area contributed by atoms with Gasteiger partial charge in [-0.3, -0.25) is 4.72 Å². The van der Waals surface area contributed by atoms with Gasteiger partial charge in [0.25, 0.3) is 10.0 Å². The lowest BCUT2D eigenvalue weighted by atomic mass is 10.3. The Kier molecular flexibility index (Phi) is 4.27. The number of rotatable bonds is 4. The van der Waals surface area contributed by atoms with Gasteiger partial charge >= 0.3 is 6.36 Å². The van der Waals surface area contributed by atoms with E-state index >= 15 is 0 Å². The zero-order valence-corrected chi connectivity index (χ0v) is 11.6. The summed E-state index contributed by atoms with van der Waals surface area (Å²) in [5, 5.41) is 0. The van der Waals surface area contributed by atoms with Crippen molar-refractivity contribution < 1.29 is 30.7 Å². The van der Waals surface area contributed by atoms with Gasteiger partial charge in [-0.1, -0.05) is 12.1 Å². The van der Waals surface area contributed by atoms with Gasteiger partial charge in [0.15, 0.2) is 0 Å².